The Morgan fingerprint density at radius 3 is 2.84 bits per heavy atom. The Labute approximate surface area is 154 Å². The van der Waals surface area contributed by atoms with Crippen molar-refractivity contribution in [1.82, 2.24) is 10.3 Å². The van der Waals surface area contributed by atoms with E-state index in [1.807, 2.05) is 0 Å². The number of methoxy groups -OCH3 is 1. The van der Waals surface area contributed by atoms with E-state index in [2.05, 4.69) is 15.6 Å². The molecule has 0 radical (unpaired) electrons. The summed E-state index contributed by atoms with van der Waals surface area (Å²) in [4.78, 5) is 28.4. The van der Waals surface area contributed by atoms with Crippen LogP contribution in [0.15, 0.2) is 23.6 Å². The molecule has 134 valence electrons. The number of nitrogens with zero attached hydrogens (tertiary/aromatic N) is 1. The third-order valence-corrected chi connectivity index (χ3v) is 4.43. The van der Waals surface area contributed by atoms with E-state index in [4.69, 9.17) is 22.1 Å². The van der Waals surface area contributed by atoms with E-state index in [0.29, 0.717) is 43.1 Å². The first-order valence-corrected chi connectivity index (χ1v) is 8.83. The smallest absolute Gasteiger partial charge is 0.275 e. The number of amides is 2. The van der Waals surface area contributed by atoms with Gasteiger partial charge < -0.3 is 21.1 Å². The van der Waals surface area contributed by atoms with Gasteiger partial charge in [0, 0.05) is 31.1 Å². The Bertz CT molecular complexity index is 751. The highest BCUT2D eigenvalue weighted by atomic mass is 35.5. The summed E-state index contributed by atoms with van der Waals surface area (Å²) in [5.74, 6) is -0.640. The number of benzene rings is 1. The average Bonchev–Trinajstić information content (AvgIpc) is 3.04. The zero-order chi connectivity index (χ0) is 18.2. The lowest BCUT2D eigenvalue weighted by Crippen LogP contribution is -2.27. The number of aromatic nitrogens is 1. The van der Waals surface area contributed by atoms with E-state index in [1.165, 1.54) is 17.4 Å². The van der Waals surface area contributed by atoms with Gasteiger partial charge in [0.2, 0.25) is 0 Å². The molecule has 0 spiro atoms. The molecule has 0 aliphatic carbocycles. The number of nitrogens with two attached hydrogens (primary N) is 1. The van der Waals surface area contributed by atoms with Crippen LogP contribution >= 0.6 is 22.9 Å². The molecule has 1 aromatic heterocycles. The van der Waals surface area contributed by atoms with Crippen molar-refractivity contribution in [2.24, 2.45) is 5.73 Å². The van der Waals surface area contributed by atoms with Crippen LogP contribution < -0.4 is 16.4 Å². The summed E-state index contributed by atoms with van der Waals surface area (Å²) in [6, 6.07) is 4.70. The molecule has 7 nitrogen and oxygen atoms in total. The number of anilines is 1. The van der Waals surface area contributed by atoms with Crippen LogP contribution in [0.25, 0.3) is 0 Å². The van der Waals surface area contributed by atoms with Crippen LogP contribution in [0.3, 0.4) is 0 Å². The zero-order valence-electron chi connectivity index (χ0n) is 13.7. The lowest BCUT2D eigenvalue weighted by Gasteiger charge is -2.09. The monoisotopic (exact) mass is 382 g/mol. The highest BCUT2D eigenvalue weighted by molar-refractivity contribution is 7.09. The molecule has 9 heteroatoms. The van der Waals surface area contributed by atoms with Crippen molar-refractivity contribution >= 4 is 40.4 Å². The fraction of sp³-hybridized carbons (Fsp3) is 0.312. The van der Waals surface area contributed by atoms with Crippen molar-refractivity contribution in [2.45, 2.75) is 6.42 Å². The Balaban J connectivity index is 2.01. The van der Waals surface area contributed by atoms with Gasteiger partial charge in [-0.25, -0.2) is 4.98 Å². The second-order valence-corrected chi connectivity index (χ2v) is 6.41. The Kier molecular flexibility index (Phi) is 7.32. The van der Waals surface area contributed by atoms with E-state index in [9.17, 15) is 9.59 Å². The molecule has 1 aromatic carbocycles. The van der Waals surface area contributed by atoms with E-state index in [-0.39, 0.29) is 16.8 Å². The standard InChI is InChI=1S/C16H19ClN4O3S/c1-24-7-6-19-15(22)11-3-2-10(8-12(11)17)20-16(23)13-9-25-14(21-13)4-5-18/h2-3,8-9H,4-7,18H2,1H3,(H,19,22)(H,20,23). The maximum absolute atomic E-state index is 12.2. The summed E-state index contributed by atoms with van der Waals surface area (Å²) in [6.45, 7) is 1.29. The van der Waals surface area contributed by atoms with Crippen LogP contribution in [0.4, 0.5) is 5.69 Å². The number of rotatable bonds is 8. The minimum Gasteiger partial charge on any atom is -0.383 e. The van der Waals surface area contributed by atoms with Gasteiger partial charge in [0.25, 0.3) is 11.8 Å². The van der Waals surface area contributed by atoms with Crippen LogP contribution in [0.2, 0.25) is 5.02 Å². The third-order valence-electron chi connectivity index (χ3n) is 3.21. The molecule has 0 aliphatic heterocycles. The first-order valence-electron chi connectivity index (χ1n) is 7.57. The maximum Gasteiger partial charge on any atom is 0.275 e. The van der Waals surface area contributed by atoms with Crippen molar-refractivity contribution in [3.63, 3.8) is 0 Å². The summed E-state index contributed by atoms with van der Waals surface area (Å²) < 4.78 is 4.87. The van der Waals surface area contributed by atoms with Crippen molar-refractivity contribution in [1.29, 1.82) is 0 Å². The molecule has 0 saturated heterocycles. The minimum absolute atomic E-state index is 0.245. The number of hydrogen-bond donors (Lipinski definition) is 3. The van der Waals surface area contributed by atoms with Gasteiger partial charge in [-0.15, -0.1) is 11.3 Å². The largest absolute Gasteiger partial charge is 0.383 e. The van der Waals surface area contributed by atoms with Crippen LogP contribution in [-0.4, -0.2) is 43.6 Å². The van der Waals surface area contributed by atoms with Crippen molar-refractivity contribution in [3.8, 4) is 0 Å². The predicted octanol–water partition coefficient (Wildman–Crippen LogP) is 1.93. The van der Waals surface area contributed by atoms with E-state index < -0.39 is 0 Å². The Morgan fingerprint density at radius 1 is 1.36 bits per heavy atom. The normalized spacial score (nSPS) is 10.5. The highest BCUT2D eigenvalue weighted by Gasteiger charge is 2.14. The van der Waals surface area contributed by atoms with Gasteiger partial charge in [0.15, 0.2) is 0 Å². The zero-order valence-corrected chi connectivity index (χ0v) is 15.2. The molecule has 2 aromatic rings. The first kappa shape index (κ1) is 19.3. The highest BCUT2D eigenvalue weighted by Crippen LogP contribution is 2.22. The fourth-order valence-corrected chi connectivity index (χ4v) is 3.05. The van der Waals surface area contributed by atoms with E-state index in [0.717, 1.165) is 5.01 Å². The van der Waals surface area contributed by atoms with Gasteiger partial charge >= 0.3 is 0 Å². The number of carbonyl (C=O) groups excluding carboxylic acids is 2. The van der Waals surface area contributed by atoms with Crippen molar-refractivity contribution < 1.29 is 14.3 Å². The fourth-order valence-electron chi connectivity index (χ4n) is 1.99. The van der Waals surface area contributed by atoms with Gasteiger partial charge in [-0.1, -0.05) is 11.6 Å². The Hall–Kier alpha value is -2.00. The number of carbonyl (C=O) groups is 2. The number of hydrogen-bond acceptors (Lipinski definition) is 6. The summed E-state index contributed by atoms with van der Waals surface area (Å²) in [7, 11) is 1.55. The van der Waals surface area contributed by atoms with Crippen molar-refractivity contribution in [2.75, 3.05) is 32.1 Å². The molecule has 1 heterocycles. The van der Waals surface area contributed by atoms with Crippen LogP contribution in [0.1, 0.15) is 25.9 Å². The van der Waals surface area contributed by atoms with Gasteiger partial charge in [0.05, 0.1) is 22.2 Å². The Morgan fingerprint density at radius 2 is 2.16 bits per heavy atom. The molecular formula is C16H19ClN4O3S. The molecule has 0 fully saturated rings. The molecule has 2 rings (SSSR count). The molecular weight excluding hydrogens is 364 g/mol. The number of halogens is 1. The molecule has 0 saturated carbocycles. The average molecular weight is 383 g/mol. The maximum atomic E-state index is 12.2. The summed E-state index contributed by atoms with van der Waals surface area (Å²) in [5.41, 5.74) is 6.61. The molecule has 0 aliphatic rings. The number of thiazole rings is 1. The molecule has 2 amide bonds. The van der Waals surface area contributed by atoms with Gasteiger partial charge in [-0.2, -0.15) is 0 Å². The lowest BCUT2D eigenvalue weighted by atomic mass is 10.2. The second-order valence-electron chi connectivity index (χ2n) is 5.06. The molecule has 25 heavy (non-hydrogen) atoms. The summed E-state index contributed by atoms with van der Waals surface area (Å²) in [6.07, 6.45) is 0.636. The van der Waals surface area contributed by atoms with Gasteiger partial charge in [-0.3, -0.25) is 9.59 Å². The molecule has 0 atom stereocenters. The van der Waals surface area contributed by atoms with Crippen molar-refractivity contribution in [3.05, 3.63) is 44.9 Å². The van der Waals surface area contributed by atoms with Crippen LogP contribution in [-0.2, 0) is 11.2 Å². The topological polar surface area (TPSA) is 106 Å². The van der Waals surface area contributed by atoms with Gasteiger partial charge in [0.1, 0.15) is 5.69 Å². The predicted molar refractivity (Wildman–Crippen MR) is 98.5 cm³/mol. The van der Waals surface area contributed by atoms with E-state index in [1.54, 1.807) is 24.6 Å². The minimum atomic E-state index is -0.340. The molecule has 0 unspecified atom stereocenters. The van der Waals surface area contributed by atoms with Gasteiger partial charge in [-0.05, 0) is 24.7 Å². The first-order chi connectivity index (χ1) is 12.0. The third kappa shape index (κ3) is 5.50. The SMILES string of the molecule is COCCNC(=O)c1ccc(NC(=O)c2csc(CCN)n2)cc1Cl. The number of ether oxygens (including phenoxy) is 1. The van der Waals surface area contributed by atoms with Crippen LogP contribution in [0, 0.1) is 0 Å². The number of nitrogens with one attached hydrogen (secondary N) is 2. The summed E-state index contributed by atoms with van der Waals surface area (Å²) >= 11 is 7.53. The molecule has 0 bridgehead atoms. The molecule has 4 N–H and O–H groups in total. The quantitative estimate of drug-likeness (QED) is 0.605. The van der Waals surface area contributed by atoms with E-state index >= 15 is 0 Å². The summed E-state index contributed by atoms with van der Waals surface area (Å²) in [5, 5.41) is 8.14. The lowest BCUT2D eigenvalue weighted by molar-refractivity contribution is 0.0936. The second kappa shape index (κ2) is 9.47. The van der Waals surface area contributed by atoms with Crippen LogP contribution in [0.5, 0.6) is 0 Å².